The van der Waals surface area contributed by atoms with Gasteiger partial charge in [0.2, 0.25) is 10.0 Å². The predicted molar refractivity (Wildman–Crippen MR) is 94.8 cm³/mol. The molecule has 0 aromatic heterocycles. The minimum Gasteiger partial charge on any atom is -0.337 e. The zero-order chi connectivity index (χ0) is 17.5. The molecule has 6 nitrogen and oxygen atoms in total. The second-order valence-corrected chi connectivity index (χ2v) is 8.88. The minimum absolute atomic E-state index is 0.0320. The Morgan fingerprint density at radius 3 is 2.38 bits per heavy atom. The zero-order valence-corrected chi connectivity index (χ0v) is 15.3. The molecule has 2 fully saturated rings. The lowest BCUT2D eigenvalue weighted by atomic mass is 10.1. The van der Waals surface area contributed by atoms with Gasteiger partial charge in [0.1, 0.15) is 0 Å². The van der Waals surface area contributed by atoms with Gasteiger partial charge in [0, 0.05) is 37.8 Å². The third kappa shape index (κ3) is 3.28. The number of benzene rings is 1. The van der Waals surface area contributed by atoms with E-state index < -0.39 is 10.0 Å². The van der Waals surface area contributed by atoms with Crippen LogP contribution >= 0.6 is 0 Å². The van der Waals surface area contributed by atoms with Crippen LogP contribution in [0.25, 0.3) is 0 Å². The van der Waals surface area contributed by atoms with E-state index in [1.807, 2.05) is 4.90 Å². The average molecular weight is 351 g/mol. The molecular formula is C17H25N3O3S. The molecule has 2 bridgehead atoms. The first kappa shape index (κ1) is 17.2. The van der Waals surface area contributed by atoms with Crippen molar-refractivity contribution in [1.82, 2.24) is 9.80 Å². The third-order valence-electron chi connectivity index (χ3n) is 5.41. The molecule has 24 heavy (non-hydrogen) atoms. The highest BCUT2D eigenvalue weighted by atomic mass is 32.2. The van der Waals surface area contributed by atoms with E-state index in [4.69, 9.17) is 0 Å². The monoisotopic (exact) mass is 351 g/mol. The minimum atomic E-state index is -3.29. The topological polar surface area (TPSA) is 60.9 Å². The van der Waals surface area contributed by atoms with Crippen molar-refractivity contribution in [3.63, 3.8) is 0 Å². The molecule has 2 aliphatic heterocycles. The van der Waals surface area contributed by atoms with E-state index in [2.05, 4.69) is 11.9 Å². The number of sulfonamides is 1. The molecule has 132 valence electrons. The van der Waals surface area contributed by atoms with Gasteiger partial charge in [-0.25, -0.2) is 8.42 Å². The van der Waals surface area contributed by atoms with Crippen molar-refractivity contribution in [2.24, 2.45) is 0 Å². The fourth-order valence-electron chi connectivity index (χ4n) is 3.68. The predicted octanol–water partition coefficient (Wildman–Crippen LogP) is 1.39. The van der Waals surface area contributed by atoms with E-state index in [-0.39, 0.29) is 5.91 Å². The van der Waals surface area contributed by atoms with E-state index in [0.717, 1.165) is 32.2 Å². The summed E-state index contributed by atoms with van der Waals surface area (Å²) in [4.78, 5) is 17.1. The number of likely N-dealkylation sites (tertiary alicyclic amines) is 1. The summed E-state index contributed by atoms with van der Waals surface area (Å²) in [6, 6.07) is 7.85. The molecule has 0 radical (unpaired) electrons. The number of nitrogens with zero attached hydrogens (tertiary/aromatic N) is 3. The van der Waals surface area contributed by atoms with Crippen LogP contribution in [0.2, 0.25) is 0 Å². The summed E-state index contributed by atoms with van der Waals surface area (Å²) in [7, 11) is 0.373. The number of carbonyl (C=O) groups is 1. The van der Waals surface area contributed by atoms with Crippen molar-refractivity contribution in [3.8, 4) is 0 Å². The van der Waals surface area contributed by atoms with Crippen molar-refractivity contribution >= 4 is 21.6 Å². The largest absolute Gasteiger partial charge is 0.337 e. The number of carbonyl (C=O) groups excluding carboxylic acids is 1. The Hall–Kier alpha value is -1.60. The van der Waals surface area contributed by atoms with Gasteiger partial charge >= 0.3 is 0 Å². The molecule has 1 aromatic carbocycles. The molecule has 2 aliphatic rings. The molecule has 0 unspecified atom stereocenters. The third-order valence-corrected chi connectivity index (χ3v) is 6.62. The van der Waals surface area contributed by atoms with Gasteiger partial charge in [-0.15, -0.1) is 0 Å². The van der Waals surface area contributed by atoms with Crippen LogP contribution in [0.15, 0.2) is 24.3 Å². The quantitative estimate of drug-likeness (QED) is 0.826. The maximum absolute atomic E-state index is 12.8. The Balaban J connectivity index is 1.74. The van der Waals surface area contributed by atoms with Gasteiger partial charge in [0.15, 0.2) is 0 Å². The second-order valence-electron chi connectivity index (χ2n) is 6.87. The van der Waals surface area contributed by atoms with Gasteiger partial charge < -0.3 is 4.90 Å². The van der Waals surface area contributed by atoms with E-state index in [1.54, 1.807) is 24.3 Å². The molecule has 2 heterocycles. The lowest BCUT2D eigenvalue weighted by molar-refractivity contribution is 0.0740. The average Bonchev–Trinajstić information content (AvgIpc) is 2.78. The molecule has 0 N–H and O–H groups in total. The first-order valence-electron chi connectivity index (χ1n) is 8.32. The van der Waals surface area contributed by atoms with Gasteiger partial charge in [-0.1, -0.05) is 0 Å². The Kier molecular flexibility index (Phi) is 4.57. The van der Waals surface area contributed by atoms with Gasteiger partial charge in [-0.05, 0) is 50.6 Å². The standard InChI is InChI=1S/C17H25N3O3S/c1-18-14-8-9-16(18)12-20(11-10-14)17(21)13-4-6-15(7-5-13)19(2)24(3,22)23/h4-7,14,16H,8-12H2,1-3H3/t14-,16+/m0/s1. The molecule has 2 atom stereocenters. The molecule has 7 heteroatoms. The molecule has 0 aliphatic carbocycles. The lowest BCUT2D eigenvalue weighted by Crippen LogP contribution is -2.39. The van der Waals surface area contributed by atoms with Crippen molar-refractivity contribution < 1.29 is 13.2 Å². The highest BCUT2D eigenvalue weighted by molar-refractivity contribution is 7.92. The first-order chi connectivity index (χ1) is 11.3. The summed E-state index contributed by atoms with van der Waals surface area (Å²) >= 11 is 0. The Morgan fingerprint density at radius 2 is 1.75 bits per heavy atom. The van der Waals surface area contributed by atoms with Crippen molar-refractivity contribution in [2.45, 2.75) is 31.3 Å². The summed E-state index contributed by atoms with van der Waals surface area (Å²) in [6.45, 7) is 1.56. The summed E-state index contributed by atoms with van der Waals surface area (Å²) < 4.78 is 24.4. The smallest absolute Gasteiger partial charge is 0.253 e. The molecule has 2 saturated heterocycles. The van der Waals surface area contributed by atoms with Crippen LogP contribution in [-0.2, 0) is 10.0 Å². The van der Waals surface area contributed by atoms with Crippen LogP contribution in [0.3, 0.4) is 0 Å². The molecule has 1 aromatic rings. The normalized spacial score (nSPS) is 24.7. The van der Waals surface area contributed by atoms with Crippen LogP contribution in [0.1, 0.15) is 29.6 Å². The van der Waals surface area contributed by atoms with E-state index in [0.29, 0.717) is 23.3 Å². The number of fused-ring (bicyclic) bond motifs is 2. The second kappa shape index (κ2) is 6.37. The maximum Gasteiger partial charge on any atom is 0.253 e. The highest BCUT2D eigenvalue weighted by Crippen LogP contribution is 2.29. The number of hydrogen-bond donors (Lipinski definition) is 0. The molecule has 3 rings (SSSR count). The Labute approximate surface area is 144 Å². The van der Waals surface area contributed by atoms with E-state index in [9.17, 15) is 13.2 Å². The Bertz CT molecular complexity index is 717. The lowest BCUT2D eigenvalue weighted by Gasteiger charge is -2.26. The van der Waals surface area contributed by atoms with Crippen LogP contribution in [0.5, 0.6) is 0 Å². The number of likely N-dealkylation sites (N-methyl/N-ethyl adjacent to an activating group) is 1. The van der Waals surface area contributed by atoms with Crippen LogP contribution in [0.4, 0.5) is 5.69 Å². The number of rotatable bonds is 3. The van der Waals surface area contributed by atoms with E-state index in [1.165, 1.54) is 17.8 Å². The van der Waals surface area contributed by atoms with Gasteiger partial charge in [-0.3, -0.25) is 14.0 Å². The maximum atomic E-state index is 12.8. The zero-order valence-electron chi connectivity index (χ0n) is 14.5. The molecule has 0 saturated carbocycles. The summed E-state index contributed by atoms with van der Waals surface area (Å²) in [5.74, 6) is 0.0320. The fraction of sp³-hybridized carbons (Fsp3) is 0.588. The number of hydrogen-bond acceptors (Lipinski definition) is 4. The Morgan fingerprint density at radius 1 is 1.12 bits per heavy atom. The highest BCUT2D eigenvalue weighted by Gasteiger charge is 2.36. The number of anilines is 1. The van der Waals surface area contributed by atoms with Gasteiger partial charge in [0.05, 0.1) is 11.9 Å². The SMILES string of the molecule is CN1[C@H]2CC[C@@H]1CN(C(=O)c1ccc(N(C)S(C)(=O)=O)cc1)CC2. The number of amides is 1. The summed E-state index contributed by atoms with van der Waals surface area (Å²) in [6.07, 6.45) is 4.57. The van der Waals surface area contributed by atoms with Crippen molar-refractivity contribution in [1.29, 1.82) is 0 Å². The molecule has 1 amide bonds. The fourth-order valence-corrected chi connectivity index (χ4v) is 4.19. The van der Waals surface area contributed by atoms with Crippen molar-refractivity contribution in [2.75, 3.05) is 37.7 Å². The van der Waals surface area contributed by atoms with Crippen molar-refractivity contribution in [3.05, 3.63) is 29.8 Å². The van der Waals surface area contributed by atoms with Crippen LogP contribution < -0.4 is 4.31 Å². The van der Waals surface area contributed by atoms with Gasteiger partial charge in [-0.2, -0.15) is 0 Å². The first-order valence-corrected chi connectivity index (χ1v) is 10.2. The summed E-state index contributed by atoms with van der Waals surface area (Å²) in [5, 5.41) is 0. The van der Waals surface area contributed by atoms with Crippen LogP contribution in [-0.4, -0.2) is 69.6 Å². The van der Waals surface area contributed by atoms with Crippen LogP contribution in [0, 0.1) is 0 Å². The summed E-state index contributed by atoms with van der Waals surface area (Å²) in [5.41, 5.74) is 1.17. The van der Waals surface area contributed by atoms with E-state index >= 15 is 0 Å². The molecular weight excluding hydrogens is 326 g/mol. The van der Waals surface area contributed by atoms with Gasteiger partial charge in [0.25, 0.3) is 5.91 Å². The molecule has 0 spiro atoms.